The number of hydrogen-bond acceptors (Lipinski definition) is 2. The Morgan fingerprint density at radius 3 is 2.56 bits per heavy atom. The van der Waals surface area contributed by atoms with Crippen molar-refractivity contribution in [3.8, 4) is 11.1 Å². The predicted molar refractivity (Wildman–Crippen MR) is 76.3 cm³/mol. The molecule has 2 nitrogen and oxygen atoms in total. The standard InChI is InChI=1S/C16H14N2/c1-11-9-16(17)18-10-15(11)14-8-4-6-12-5-2-3-7-13(12)14/h2-10H,1H3,(H2,17,18). The van der Waals surface area contributed by atoms with E-state index in [1.165, 1.54) is 16.3 Å². The smallest absolute Gasteiger partial charge is 0.123 e. The van der Waals surface area contributed by atoms with Gasteiger partial charge in [-0.05, 0) is 34.9 Å². The molecule has 0 aliphatic rings. The fourth-order valence-electron chi connectivity index (χ4n) is 2.32. The van der Waals surface area contributed by atoms with Gasteiger partial charge in [-0.1, -0.05) is 42.5 Å². The Morgan fingerprint density at radius 2 is 1.72 bits per heavy atom. The minimum absolute atomic E-state index is 0.566. The Bertz CT molecular complexity index is 712. The summed E-state index contributed by atoms with van der Waals surface area (Å²) >= 11 is 0. The van der Waals surface area contributed by atoms with E-state index in [0.29, 0.717) is 5.82 Å². The molecule has 1 heterocycles. The van der Waals surface area contributed by atoms with Crippen molar-refractivity contribution in [1.82, 2.24) is 4.98 Å². The molecule has 2 N–H and O–H groups in total. The normalized spacial score (nSPS) is 10.7. The fraction of sp³-hybridized carbons (Fsp3) is 0.0625. The molecule has 0 atom stereocenters. The molecule has 0 saturated heterocycles. The summed E-state index contributed by atoms with van der Waals surface area (Å²) in [5.74, 6) is 0.566. The number of nitrogen functional groups attached to an aromatic ring is 1. The molecule has 3 aromatic rings. The average molecular weight is 234 g/mol. The van der Waals surface area contributed by atoms with E-state index in [2.05, 4.69) is 54.4 Å². The van der Waals surface area contributed by atoms with E-state index in [4.69, 9.17) is 5.73 Å². The summed E-state index contributed by atoms with van der Waals surface area (Å²) in [5, 5.41) is 2.49. The Labute approximate surface area is 106 Å². The van der Waals surface area contributed by atoms with E-state index in [1.807, 2.05) is 12.3 Å². The molecule has 2 heteroatoms. The monoisotopic (exact) mass is 234 g/mol. The van der Waals surface area contributed by atoms with Gasteiger partial charge in [0.25, 0.3) is 0 Å². The van der Waals surface area contributed by atoms with Crippen LogP contribution in [-0.4, -0.2) is 4.98 Å². The van der Waals surface area contributed by atoms with Gasteiger partial charge >= 0.3 is 0 Å². The van der Waals surface area contributed by atoms with Gasteiger partial charge in [0, 0.05) is 11.8 Å². The summed E-state index contributed by atoms with van der Waals surface area (Å²) in [6.07, 6.45) is 1.85. The molecule has 88 valence electrons. The first-order chi connectivity index (χ1) is 8.75. The number of pyridine rings is 1. The molecule has 2 aromatic carbocycles. The number of nitrogens with zero attached hydrogens (tertiary/aromatic N) is 1. The van der Waals surface area contributed by atoms with E-state index < -0.39 is 0 Å². The number of aromatic nitrogens is 1. The van der Waals surface area contributed by atoms with E-state index in [-0.39, 0.29) is 0 Å². The van der Waals surface area contributed by atoms with Crippen molar-refractivity contribution < 1.29 is 0 Å². The number of nitrogens with two attached hydrogens (primary N) is 1. The number of fused-ring (bicyclic) bond motifs is 1. The molecule has 0 radical (unpaired) electrons. The maximum atomic E-state index is 5.71. The summed E-state index contributed by atoms with van der Waals surface area (Å²) in [6, 6.07) is 16.6. The molecule has 0 spiro atoms. The van der Waals surface area contributed by atoms with E-state index in [1.54, 1.807) is 0 Å². The van der Waals surface area contributed by atoms with Crippen molar-refractivity contribution in [3.63, 3.8) is 0 Å². The van der Waals surface area contributed by atoms with Crippen LogP contribution in [0.4, 0.5) is 5.82 Å². The van der Waals surface area contributed by atoms with Crippen LogP contribution in [0.1, 0.15) is 5.56 Å². The number of anilines is 1. The minimum Gasteiger partial charge on any atom is -0.384 e. The molecule has 0 bridgehead atoms. The molecule has 18 heavy (non-hydrogen) atoms. The summed E-state index contributed by atoms with van der Waals surface area (Å²) in [5.41, 5.74) is 9.21. The Morgan fingerprint density at radius 1 is 0.944 bits per heavy atom. The number of benzene rings is 2. The molecule has 0 aliphatic heterocycles. The molecular weight excluding hydrogens is 220 g/mol. The van der Waals surface area contributed by atoms with Gasteiger partial charge in [-0.3, -0.25) is 0 Å². The lowest BCUT2D eigenvalue weighted by molar-refractivity contribution is 1.30. The number of rotatable bonds is 1. The number of aryl methyl sites for hydroxylation is 1. The zero-order valence-corrected chi connectivity index (χ0v) is 10.2. The first-order valence-electron chi connectivity index (χ1n) is 5.96. The third-order valence-corrected chi connectivity index (χ3v) is 3.21. The summed E-state index contributed by atoms with van der Waals surface area (Å²) in [4.78, 5) is 4.20. The van der Waals surface area contributed by atoms with Crippen LogP contribution >= 0.6 is 0 Å². The van der Waals surface area contributed by atoms with Crippen molar-refractivity contribution in [2.75, 3.05) is 5.73 Å². The maximum absolute atomic E-state index is 5.71. The minimum atomic E-state index is 0.566. The van der Waals surface area contributed by atoms with Crippen LogP contribution in [0.5, 0.6) is 0 Å². The molecular formula is C16H14N2. The van der Waals surface area contributed by atoms with Gasteiger partial charge in [-0.15, -0.1) is 0 Å². The van der Waals surface area contributed by atoms with E-state index in [0.717, 1.165) is 11.1 Å². The lowest BCUT2D eigenvalue weighted by Crippen LogP contribution is -1.93. The van der Waals surface area contributed by atoms with E-state index in [9.17, 15) is 0 Å². The quantitative estimate of drug-likeness (QED) is 0.695. The highest BCUT2D eigenvalue weighted by Crippen LogP contribution is 2.30. The topological polar surface area (TPSA) is 38.9 Å². The van der Waals surface area contributed by atoms with Crippen molar-refractivity contribution in [2.45, 2.75) is 6.92 Å². The zero-order valence-electron chi connectivity index (χ0n) is 10.2. The SMILES string of the molecule is Cc1cc(N)ncc1-c1cccc2ccccc12. The second-order valence-electron chi connectivity index (χ2n) is 4.45. The van der Waals surface area contributed by atoms with Gasteiger partial charge in [0.15, 0.2) is 0 Å². The summed E-state index contributed by atoms with van der Waals surface area (Å²) < 4.78 is 0. The first-order valence-corrected chi connectivity index (χ1v) is 5.96. The zero-order chi connectivity index (χ0) is 12.5. The second kappa shape index (κ2) is 4.15. The first kappa shape index (κ1) is 10.8. The lowest BCUT2D eigenvalue weighted by atomic mass is 9.97. The highest BCUT2D eigenvalue weighted by molar-refractivity contribution is 5.97. The van der Waals surface area contributed by atoms with Crippen LogP contribution < -0.4 is 5.73 Å². The Kier molecular flexibility index (Phi) is 2.49. The molecule has 0 aliphatic carbocycles. The molecule has 3 rings (SSSR count). The van der Waals surface area contributed by atoms with Gasteiger partial charge in [-0.25, -0.2) is 4.98 Å². The highest BCUT2D eigenvalue weighted by Gasteiger charge is 2.06. The van der Waals surface area contributed by atoms with E-state index >= 15 is 0 Å². The van der Waals surface area contributed by atoms with Crippen molar-refractivity contribution in [3.05, 3.63) is 60.3 Å². The van der Waals surface area contributed by atoms with Gasteiger partial charge in [0.1, 0.15) is 5.82 Å². The van der Waals surface area contributed by atoms with Crippen LogP contribution in [0, 0.1) is 6.92 Å². The fourth-order valence-corrected chi connectivity index (χ4v) is 2.32. The van der Waals surface area contributed by atoms with Crippen molar-refractivity contribution in [2.24, 2.45) is 0 Å². The van der Waals surface area contributed by atoms with Crippen LogP contribution in [0.25, 0.3) is 21.9 Å². The molecule has 0 unspecified atom stereocenters. The van der Waals surface area contributed by atoms with Crippen molar-refractivity contribution in [1.29, 1.82) is 0 Å². The summed E-state index contributed by atoms with van der Waals surface area (Å²) in [7, 11) is 0. The predicted octanol–water partition coefficient (Wildman–Crippen LogP) is 3.79. The molecule has 0 saturated carbocycles. The third-order valence-electron chi connectivity index (χ3n) is 3.21. The molecule has 1 aromatic heterocycles. The lowest BCUT2D eigenvalue weighted by Gasteiger charge is -2.09. The van der Waals surface area contributed by atoms with Crippen LogP contribution in [0.15, 0.2) is 54.7 Å². The largest absolute Gasteiger partial charge is 0.384 e. The van der Waals surface area contributed by atoms with Crippen LogP contribution in [0.2, 0.25) is 0 Å². The van der Waals surface area contributed by atoms with Crippen molar-refractivity contribution >= 4 is 16.6 Å². The Balaban J connectivity index is 2.31. The maximum Gasteiger partial charge on any atom is 0.123 e. The molecule has 0 fully saturated rings. The number of hydrogen-bond donors (Lipinski definition) is 1. The second-order valence-corrected chi connectivity index (χ2v) is 4.45. The Hall–Kier alpha value is -2.35. The van der Waals surface area contributed by atoms with Gasteiger partial charge < -0.3 is 5.73 Å². The third kappa shape index (κ3) is 1.72. The highest BCUT2D eigenvalue weighted by atomic mass is 14.8. The van der Waals surface area contributed by atoms with Gasteiger partial charge in [0.05, 0.1) is 0 Å². The van der Waals surface area contributed by atoms with Crippen LogP contribution in [-0.2, 0) is 0 Å². The summed E-state index contributed by atoms with van der Waals surface area (Å²) in [6.45, 7) is 2.06. The average Bonchev–Trinajstić information content (AvgIpc) is 2.38. The molecule has 0 amide bonds. The van der Waals surface area contributed by atoms with Crippen LogP contribution in [0.3, 0.4) is 0 Å². The van der Waals surface area contributed by atoms with Gasteiger partial charge in [0.2, 0.25) is 0 Å². The van der Waals surface area contributed by atoms with Gasteiger partial charge in [-0.2, -0.15) is 0 Å².